The molecule has 0 saturated carbocycles. The standard InChI is InChI=1S/C18H12/c1-2-6-14-12-18-16(10-9-13(14)5-1)11-15-7-3-4-8-17(15)18/h1-12H. The highest BCUT2D eigenvalue weighted by molar-refractivity contribution is 6.04. The Morgan fingerprint density at radius 3 is 2.11 bits per heavy atom. The molecule has 2 aromatic rings. The summed E-state index contributed by atoms with van der Waals surface area (Å²) in [6.45, 7) is 0. The summed E-state index contributed by atoms with van der Waals surface area (Å²) in [5.74, 6) is 0. The highest BCUT2D eigenvalue weighted by Gasteiger charge is 2.08. The molecule has 4 rings (SSSR count). The van der Waals surface area contributed by atoms with Crippen LogP contribution in [-0.4, -0.2) is 0 Å². The highest BCUT2D eigenvalue weighted by atomic mass is 14.1. The molecule has 0 saturated heterocycles. The molecule has 18 heavy (non-hydrogen) atoms. The quantitative estimate of drug-likeness (QED) is 0.393. The van der Waals surface area contributed by atoms with Crippen molar-refractivity contribution in [1.82, 2.24) is 0 Å². The predicted molar refractivity (Wildman–Crippen MR) is 78.1 cm³/mol. The molecule has 0 unspecified atom stereocenters. The van der Waals surface area contributed by atoms with Gasteiger partial charge in [-0.05, 0) is 44.8 Å². The molecule has 0 heteroatoms. The van der Waals surface area contributed by atoms with Gasteiger partial charge in [-0.25, -0.2) is 0 Å². The van der Waals surface area contributed by atoms with E-state index in [0.29, 0.717) is 0 Å². The van der Waals surface area contributed by atoms with Gasteiger partial charge in [0.1, 0.15) is 0 Å². The largest absolute Gasteiger partial charge is 0.0616 e. The summed E-state index contributed by atoms with van der Waals surface area (Å²) >= 11 is 0. The van der Waals surface area contributed by atoms with Gasteiger partial charge in [0.15, 0.2) is 0 Å². The lowest BCUT2D eigenvalue weighted by molar-refractivity contribution is 1.81. The van der Waals surface area contributed by atoms with E-state index < -0.39 is 0 Å². The Morgan fingerprint density at radius 2 is 1.22 bits per heavy atom. The van der Waals surface area contributed by atoms with Crippen molar-refractivity contribution in [3.63, 3.8) is 0 Å². The molecule has 0 atom stereocenters. The number of hydrogen-bond acceptors (Lipinski definition) is 0. The van der Waals surface area contributed by atoms with E-state index in [0.717, 1.165) is 0 Å². The molecule has 0 amide bonds. The van der Waals surface area contributed by atoms with Crippen LogP contribution in [0, 0.1) is 0 Å². The second-order valence-corrected chi connectivity index (χ2v) is 4.71. The first-order chi connectivity index (χ1) is 8.92. The Morgan fingerprint density at radius 1 is 0.500 bits per heavy atom. The zero-order chi connectivity index (χ0) is 11.9. The van der Waals surface area contributed by atoms with E-state index in [4.69, 9.17) is 0 Å². The number of benzene rings is 2. The summed E-state index contributed by atoms with van der Waals surface area (Å²) in [6, 6.07) is 26.1. The maximum atomic E-state index is 2.30. The predicted octanol–water partition coefficient (Wildman–Crippen LogP) is 5.10. The third-order valence-corrected chi connectivity index (χ3v) is 3.61. The number of hydrogen-bond donors (Lipinski definition) is 0. The Balaban J connectivity index is 2.23. The molecular weight excluding hydrogens is 216 g/mol. The first kappa shape index (κ1) is 9.67. The van der Waals surface area contributed by atoms with Crippen molar-refractivity contribution in [2.24, 2.45) is 0 Å². The fraction of sp³-hybridized carbons (Fsp3) is 0. The topological polar surface area (TPSA) is 0 Å². The fourth-order valence-electron chi connectivity index (χ4n) is 2.70. The van der Waals surface area contributed by atoms with Crippen molar-refractivity contribution >= 4 is 21.5 Å². The first-order valence-electron chi connectivity index (χ1n) is 6.22. The van der Waals surface area contributed by atoms with Crippen LogP contribution >= 0.6 is 0 Å². The molecule has 0 spiro atoms. The lowest BCUT2D eigenvalue weighted by Crippen LogP contribution is -1.67. The summed E-state index contributed by atoms with van der Waals surface area (Å²) in [6.07, 6.45) is 0. The zero-order valence-electron chi connectivity index (χ0n) is 9.93. The van der Waals surface area contributed by atoms with Crippen LogP contribution in [0.1, 0.15) is 0 Å². The monoisotopic (exact) mass is 228 g/mol. The van der Waals surface area contributed by atoms with Crippen LogP contribution in [0.5, 0.6) is 0 Å². The number of rotatable bonds is 0. The molecule has 0 nitrogen and oxygen atoms in total. The van der Waals surface area contributed by atoms with Gasteiger partial charge in [-0.1, -0.05) is 60.7 Å². The summed E-state index contributed by atoms with van der Waals surface area (Å²) in [5, 5.41) is 5.25. The van der Waals surface area contributed by atoms with Crippen LogP contribution < -0.4 is 0 Å². The smallest absolute Gasteiger partial charge is 0.00990 e. The Bertz CT molecular complexity index is 821. The summed E-state index contributed by atoms with van der Waals surface area (Å²) in [7, 11) is 0. The maximum Gasteiger partial charge on any atom is -0.00990 e. The average Bonchev–Trinajstić information content (AvgIpc) is 2.65. The minimum atomic E-state index is 1.29. The summed E-state index contributed by atoms with van der Waals surface area (Å²) < 4.78 is 0. The minimum absolute atomic E-state index is 1.29. The van der Waals surface area contributed by atoms with Gasteiger partial charge in [0.05, 0.1) is 0 Å². The summed E-state index contributed by atoms with van der Waals surface area (Å²) in [5.41, 5.74) is 2.65. The van der Waals surface area contributed by atoms with Crippen LogP contribution in [0.3, 0.4) is 0 Å². The van der Waals surface area contributed by atoms with Gasteiger partial charge in [0, 0.05) is 0 Å². The highest BCUT2D eigenvalue weighted by Crippen LogP contribution is 2.35. The normalized spacial score (nSPS) is 11.3. The molecule has 0 fully saturated rings. The Hall–Kier alpha value is -2.34. The van der Waals surface area contributed by atoms with Gasteiger partial charge < -0.3 is 0 Å². The molecule has 0 aliphatic heterocycles. The van der Waals surface area contributed by atoms with E-state index in [-0.39, 0.29) is 0 Å². The van der Waals surface area contributed by atoms with E-state index in [1.54, 1.807) is 0 Å². The van der Waals surface area contributed by atoms with E-state index in [1.165, 1.54) is 32.7 Å². The third-order valence-electron chi connectivity index (χ3n) is 3.61. The molecule has 0 radical (unpaired) electrons. The molecule has 2 aliphatic carbocycles. The van der Waals surface area contributed by atoms with Gasteiger partial charge >= 0.3 is 0 Å². The van der Waals surface area contributed by atoms with Gasteiger partial charge in [0.25, 0.3) is 0 Å². The lowest BCUT2D eigenvalue weighted by Gasteiger charge is -1.94. The lowest BCUT2D eigenvalue weighted by atomic mass is 10.1. The van der Waals surface area contributed by atoms with Crippen molar-refractivity contribution in [2.45, 2.75) is 0 Å². The Kier molecular flexibility index (Phi) is 1.92. The van der Waals surface area contributed by atoms with Crippen LogP contribution in [0.2, 0.25) is 0 Å². The van der Waals surface area contributed by atoms with Gasteiger partial charge in [-0.3, -0.25) is 0 Å². The van der Waals surface area contributed by atoms with Crippen LogP contribution in [0.25, 0.3) is 32.7 Å². The molecule has 84 valence electrons. The SMILES string of the molecule is c1ccc2cc3c4ccccc4cc-3ccc2c1. The van der Waals surface area contributed by atoms with Crippen molar-refractivity contribution in [3.05, 3.63) is 72.8 Å². The Labute approximate surface area is 106 Å². The molecule has 0 bridgehead atoms. The van der Waals surface area contributed by atoms with Crippen molar-refractivity contribution in [3.8, 4) is 11.1 Å². The zero-order valence-corrected chi connectivity index (χ0v) is 9.93. The van der Waals surface area contributed by atoms with Crippen LogP contribution in [-0.2, 0) is 0 Å². The van der Waals surface area contributed by atoms with E-state index in [9.17, 15) is 0 Å². The van der Waals surface area contributed by atoms with Crippen molar-refractivity contribution < 1.29 is 0 Å². The van der Waals surface area contributed by atoms with E-state index >= 15 is 0 Å². The molecule has 0 N–H and O–H groups in total. The van der Waals surface area contributed by atoms with Crippen LogP contribution in [0.15, 0.2) is 72.8 Å². The second kappa shape index (κ2) is 3.58. The second-order valence-electron chi connectivity index (χ2n) is 4.71. The molecule has 2 aliphatic rings. The van der Waals surface area contributed by atoms with Gasteiger partial charge in [-0.15, -0.1) is 0 Å². The van der Waals surface area contributed by atoms with Crippen molar-refractivity contribution in [2.75, 3.05) is 0 Å². The molecule has 2 aromatic carbocycles. The fourth-order valence-corrected chi connectivity index (χ4v) is 2.70. The third kappa shape index (κ3) is 1.32. The van der Waals surface area contributed by atoms with Crippen molar-refractivity contribution in [1.29, 1.82) is 0 Å². The number of fused-ring (bicyclic) bond motifs is 4. The minimum Gasteiger partial charge on any atom is -0.0616 e. The maximum absolute atomic E-state index is 2.30. The average molecular weight is 228 g/mol. The first-order valence-corrected chi connectivity index (χ1v) is 6.22. The molecule has 0 aromatic heterocycles. The van der Waals surface area contributed by atoms with Crippen LogP contribution in [0.4, 0.5) is 0 Å². The van der Waals surface area contributed by atoms with Gasteiger partial charge in [0.2, 0.25) is 0 Å². The van der Waals surface area contributed by atoms with E-state index in [2.05, 4.69) is 72.8 Å². The van der Waals surface area contributed by atoms with E-state index in [1.807, 2.05) is 0 Å². The summed E-state index contributed by atoms with van der Waals surface area (Å²) in [4.78, 5) is 0. The van der Waals surface area contributed by atoms with Gasteiger partial charge in [-0.2, -0.15) is 0 Å². The molecular formula is C18H12. The molecule has 0 heterocycles.